The summed E-state index contributed by atoms with van der Waals surface area (Å²) in [6.07, 6.45) is 1.61. The van der Waals surface area contributed by atoms with Crippen LogP contribution in [-0.4, -0.2) is 16.6 Å². The van der Waals surface area contributed by atoms with Crippen molar-refractivity contribution < 1.29 is 4.74 Å². The summed E-state index contributed by atoms with van der Waals surface area (Å²) in [5, 5.41) is 9.56. The van der Waals surface area contributed by atoms with E-state index in [2.05, 4.69) is 16.5 Å². The van der Waals surface area contributed by atoms with Gasteiger partial charge in [-0.3, -0.25) is 0 Å². The first kappa shape index (κ1) is 14.6. The number of ether oxygens (including phenoxy) is 1. The molecule has 0 fully saturated rings. The minimum absolute atomic E-state index is 0.00962. The maximum atomic E-state index is 9.17. The van der Waals surface area contributed by atoms with Gasteiger partial charge < -0.3 is 16.2 Å². The summed E-state index contributed by atoms with van der Waals surface area (Å²) in [4.78, 5) is 7.82. The predicted molar refractivity (Wildman–Crippen MR) is 81.7 cm³/mol. The van der Waals surface area contributed by atoms with Crippen LogP contribution in [-0.2, 0) is 0 Å². The average Bonchev–Trinajstić information content (AvgIpc) is 2.45. The van der Waals surface area contributed by atoms with Gasteiger partial charge in [-0.1, -0.05) is 24.3 Å². The van der Waals surface area contributed by atoms with Gasteiger partial charge in [0.25, 0.3) is 0 Å². The fourth-order valence-corrected chi connectivity index (χ4v) is 1.96. The summed E-state index contributed by atoms with van der Waals surface area (Å²) >= 11 is 6.14. The van der Waals surface area contributed by atoms with Gasteiger partial charge in [-0.05, 0) is 18.2 Å². The number of nitrogen functional groups attached to an aromatic ring is 2. The molecule has 7 heteroatoms. The zero-order valence-corrected chi connectivity index (χ0v) is 11.8. The normalized spacial score (nSPS) is 9.90. The van der Waals surface area contributed by atoms with E-state index < -0.39 is 0 Å². The quantitative estimate of drug-likeness (QED) is 0.839. The highest BCUT2D eigenvalue weighted by molar-refractivity contribution is 6.32. The Kier molecular flexibility index (Phi) is 4.26. The number of aromatic nitrogens is 2. The number of hydrogen-bond donors (Lipinski definition) is 2. The van der Waals surface area contributed by atoms with Crippen molar-refractivity contribution in [3.63, 3.8) is 0 Å². The summed E-state index contributed by atoms with van der Waals surface area (Å²) in [7, 11) is 0. The molecule has 4 N–H and O–H groups in total. The van der Waals surface area contributed by atoms with Crippen molar-refractivity contribution in [3.8, 4) is 23.1 Å². The van der Waals surface area contributed by atoms with Crippen LogP contribution >= 0.6 is 11.6 Å². The Morgan fingerprint density at radius 2 is 2.14 bits per heavy atom. The third-order valence-corrected chi connectivity index (χ3v) is 2.92. The van der Waals surface area contributed by atoms with E-state index >= 15 is 0 Å². The molecule has 0 aliphatic carbocycles. The third kappa shape index (κ3) is 3.04. The molecule has 2 rings (SSSR count). The number of anilines is 2. The highest BCUT2D eigenvalue weighted by atomic mass is 35.5. The second kappa shape index (κ2) is 6.11. The molecule has 0 radical (unpaired) electrons. The van der Waals surface area contributed by atoms with Crippen LogP contribution in [0, 0.1) is 11.3 Å². The van der Waals surface area contributed by atoms with E-state index in [-0.39, 0.29) is 17.3 Å². The largest absolute Gasteiger partial charge is 0.488 e. The summed E-state index contributed by atoms with van der Waals surface area (Å²) in [5.74, 6) is 0.529. The lowest BCUT2D eigenvalue weighted by atomic mass is 10.1. The molecule has 0 aliphatic rings. The predicted octanol–water partition coefficient (Wildman–Crippen LogP) is 2.40. The standard InChI is InChI=1S/C14H12ClN5O/c1-2-5-21-11-4-3-8(6-10(11)15)12-9(7-16)13(17)20-14(18)19-12/h2-4,6H,1,5H2,(H4,17,18,19,20). The van der Waals surface area contributed by atoms with E-state index in [1.54, 1.807) is 24.3 Å². The molecular formula is C14H12ClN5O. The third-order valence-electron chi connectivity index (χ3n) is 2.63. The maximum Gasteiger partial charge on any atom is 0.222 e. The molecule has 1 aromatic carbocycles. The Balaban J connectivity index is 2.51. The second-order valence-electron chi connectivity index (χ2n) is 4.05. The lowest BCUT2D eigenvalue weighted by Crippen LogP contribution is -2.05. The van der Waals surface area contributed by atoms with Crippen molar-refractivity contribution >= 4 is 23.4 Å². The van der Waals surface area contributed by atoms with E-state index in [4.69, 9.17) is 27.8 Å². The van der Waals surface area contributed by atoms with E-state index in [0.717, 1.165) is 0 Å². The highest BCUT2D eigenvalue weighted by Crippen LogP contribution is 2.32. The average molecular weight is 302 g/mol. The van der Waals surface area contributed by atoms with Crippen molar-refractivity contribution in [1.29, 1.82) is 5.26 Å². The summed E-state index contributed by atoms with van der Waals surface area (Å²) in [6.45, 7) is 3.91. The van der Waals surface area contributed by atoms with Crippen LogP contribution in [0.15, 0.2) is 30.9 Å². The Hall–Kier alpha value is -2.78. The van der Waals surface area contributed by atoms with Gasteiger partial charge in [-0.25, -0.2) is 4.98 Å². The van der Waals surface area contributed by atoms with Gasteiger partial charge >= 0.3 is 0 Å². The van der Waals surface area contributed by atoms with Gasteiger partial charge in [-0.15, -0.1) is 0 Å². The number of nitrogens with zero attached hydrogens (tertiary/aromatic N) is 3. The molecule has 106 valence electrons. The van der Waals surface area contributed by atoms with Gasteiger partial charge in [0.2, 0.25) is 5.95 Å². The number of hydrogen-bond acceptors (Lipinski definition) is 6. The first-order valence-corrected chi connectivity index (χ1v) is 6.31. The molecule has 2 aromatic rings. The van der Waals surface area contributed by atoms with Gasteiger partial charge in [0.15, 0.2) is 0 Å². The van der Waals surface area contributed by atoms with Crippen molar-refractivity contribution in [2.45, 2.75) is 0 Å². The van der Waals surface area contributed by atoms with Crippen LogP contribution in [0.3, 0.4) is 0 Å². The number of nitriles is 1. The van der Waals surface area contributed by atoms with Crippen LogP contribution in [0.4, 0.5) is 11.8 Å². The fraction of sp³-hybridized carbons (Fsp3) is 0.0714. The number of benzene rings is 1. The Morgan fingerprint density at radius 3 is 2.76 bits per heavy atom. The lowest BCUT2D eigenvalue weighted by molar-refractivity contribution is 0.363. The molecule has 0 saturated heterocycles. The summed E-state index contributed by atoms with van der Waals surface area (Å²) in [6, 6.07) is 6.98. The molecule has 0 atom stereocenters. The number of halogens is 1. The van der Waals surface area contributed by atoms with Crippen LogP contribution in [0.1, 0.15) is 5.56 Å². The molecule has 0 amide bonds. The Bertz CT molecular complexity index is 739. The fourth-order valence-electron chi connectivity index (χ4n) is 1.73. The SMILES string of the molecule is C=CCOc1ccc(-c2nc(N)nc(N)c2C#N)cc1Cl. The molecule has 0 aliphatic heterocycles. The lowest BCUT2D eigenvalue weighted by Gasteiger charge is -2.10. The summed E-state index contributed by atoms with van der Waals surface area (Å²) in [5.41, 5.74) is 12.3. The number of nitrogens with two attached hydrogens (primary N) is 2. The van der Waals surface area contributed by atoms with Gasteiger partial charge in [0.05, 0.1) is 10.7 Å². The van der Waals surface area contributed by atoms with Crippen molar-refractivity contribution in [2.24, 2.45) is 0 Å². The van der Waals surface area contributed by atoms with E-state index in [1.807, 2.05) is 6.07 Å². The molecule has 1 heterocycles. The molecule has 0 spiro atoms. The zero-order chi connectivity index (χ0) is 15.4. The molecular weight excluding hydrogens is 290 g/mol. The number of rotatable bonds is 4. The van der Waals surface area contributed by atoms with Crippen LogP contribution in [0.2, 0.25) is 5.02 Å². The zero-order valence-electron chi connectivity index (χ0n) is 11.0. The van der Waals surface area contributed by atoms with Crippen molar-refractivity contribution in [1.82, 2.24) is 9.97 Å². The monoisotopic (exact) mass is 301 g/mol. The molecule has 0 saturated carbocycles. The molecule has 21 heavy (non-hydrogen) atoms. The van der Waals surface area contributed by atoms with Gasteiger partial charge in [0, 0.05) is 5.56 Å². The van der Waals surface area contributed by atoms with Crippen molar-refractivity contribution in [3.05, 3.63) is 41.4 Å². The molecule has 0 bridgehead atoms. The molecule has 0 unspecified atom stereocenters. The first-order chi connectivity index (χ1) is 10.1. The smallest absolute Gasteiger partial charge is 0.222 e. The first-order valence-electron chi connectivity index (χ1n) is 5.93. The molecule has 1 aromatic heterocycles. The maximum absolute atomic E-state index is 9.17. The Morgan fingerprint density at radius 1 is 1.38 bits per heavy atom. The van der Waals surface area contributed by atoms with Crippen molar-refractivity contribution in [2.75, 3.05) is 18.1 Å². The highest BCUT2D eigenvalue weighted by Gasteiger charge is 2.14. The minimum atomic E-state index is -0.00962. The molecule has 6 nitrogen and oxygen atoms in total. The summed E-state index contributed by atoms with van der Waals surface area (Å²) < 4.78 is 5.38. The van der Waals surface area contributed by atoms with Crippen LogP contribution < -0.4 is 16.2 Å². The van der Waals surface area contributed by atoms with E-state index in [1.165, 1.54) is 0 Å². The van der Waals surface area contributed by atoms with Gasteiger partial charge in [0.1, 0.15) is 29.8 Å². The minimum Gasteiger partial charge on any atom is -0.488 e. The van der Waals surface area contributed by atoms with Gasteiger partial charge in [-0.2, -0.15) is 10.2 Å². The van der Waals surface area contributed by atoms with E-state index in [9.17, 15) is 5.26 Å². The second-order valence-corrected chi connectivity index (χ2v) is 4.45. The van der Waals surface area contributed by atoms with Crippen LogP contribution in [0.5, 0.6) is 5.75 Å². The topological polar surface area (TPSA) is 111 Å². The Labute approximate surface area is 126 Å². The van der Waals surface area contributed by atoms with Crippen LogP contribution in [0.25, 0.3) is 11.3 Å². The van der Waals surface area contributed by atoms with E-state index in [0.29, 0.717) is 28.6 Å².